The summed E-state index contributed by atoms with van der Waals surface area (Å²) in [5.41, 5.74) is 7.79. The SMILES string of the molecule is C[C@H](C(=O)N1CCN(c2ccc(S(=O)(=O)N=C(N)SC(=N)C(F)(F)F)cc2)CC1)N1CCCc2cc(F)ccc21.[HH]. The number of benzene rings is 2. The molecule has 2 aliphatic rings. The molecule has 2 aromatic rings. The second-order valence-electron chi connectivity index (χ2n) is 9.39. The first kappa shape index (κ1) is 29.6. The van der Waals surface area contributed by atoms with E-state index in [1.54, 1.807) is 23.1 Å². The molecule has 1 fully saturated rings. The maximum atomic E-state index is 13.7. The number of nitrogens with one attached hydrogen (secondary N) is 1. The molecule has 0 spiro atoms. The summed E-state index contributed by atoms with van der Waals surface area (Å²) in [5, 5.41) is 4.22. The molecule has 2 aliphatic heterocycles. The molecular formula is C25H30F4N6O3S2. The van der Waals surface area contributed by atoms with Crippen molar-refractivity contribution in [2.75, 3.05) is 42.5 Å². The average Bonchev–Trinajstić information content (AvgIpc) is 2.91. The van der Waals surface area contributed by atoms with Crippen molar-refractivity contribution < 1.29 is 32.2 Å². The molecule has 0 radical (unpaired) electrons. The minimum absolute atomic E-state index is 0. The predicted molar refractivity (Wildman–Crippen MR) is 149 cm³/mol. The molecule has 4 rings (SSSR count). The standard InChI is InChI=1S/C25H28F4N6O3S2.H2/c1-16(35-10-2-3-17-15-18(26)4-9-21(17)35)22(36)34-13-11-33(12-14-34)19-5-7-20(8-6-19)40(37,38)32-24(31)39-23(30)25(27,28)29;/h4-9,15-16,30H,2-3,10-14H2,1H3,(H2,31,32);1H/t16-;/m1./s1. The van der Waals surface area contributed by atoms with Gasteiger partial charge in [0.1, 0.15) is 11.9 Å². The van der Waals surface area contributed by atoms with E-state index in [9.17, 15) is 30.8 Å². The Morgan fingerprint density at radius 1 is 1.10 bits per heavy atom. The number of hydrogen-bond acceptors (Lipinski definition) is 7. The van der Waals surface area contributed by atoms with Gasteiger partial charge in [0, 0.05) is 45.5 Å². The number of carbonyl (C=O) groups is 1. The van der Waals surface area contributed by atoms with Crippen LogP contribution in [0.2, 0.25) is 0 Å². The Hall–Kier alpha value is -3.33. The molecule has 2 aromatic carbocycles. The summed E-state index contributed by atoms with van der Waals surface area (Å²) in [6, 6.07) is 9.89. The van der Waals surface area contributed by atoms with Crippen LogP contribution in [-0.2, 0) is 21.2 Å². The number of fused-ring (bicyclic) bond motifs is 1. The second kappa shape index (κ2) is 11.6. The van der Waals surface area contributed by atoms with E-state index in [2.05, 4.69) is 4.40 Å². The lowest BCUT2D eigenvalue weighted by Crippen LogP contribution is -2.55. The van der Waals surface area contributed by atoms with Crippen molar-refractivity contribution in [2.45, 2.75) is 36.9 Å². The summed E-state index contributed by atoms with van der Waals surface area (Å²) in [7, 11) is -4.38. The number of nitrogens with two attached hydrogens (primary N) is 1. The van der Waals surface area contributed by atoms with Gasteiger partial charge in [0.15, 0.2) is 10.2 Å². The normalized spacial score (nSPS) is 17.4. The molecular weight excluding hydrogens is 572 g/mol. The molecule has 0 bridgehead atoms. The van der Waals surface area contributed by atoms with Gasteiger partial charge in [0.2, 0.25) is 5.91 Å². The van der Waals surface area contributed by atoms with E-state index in [4.69, 9.17) is 11.1 Å². The minimum Gasteiger partial charge on any atom is -0.377 e. The molecule has 0 saturated carbocycles. The van der Waals surface area contributed by atoms with Crippen molar-refractivity contribution in [3.8, 4) is 0 Å². The number of thioether (sulfide) groups is 1. The molecule has 2 heterocycles. The first-order valence-electron chi connectivity index (χ1n) is 12.4. The number of nitrogens with zero attached hydrogens (tertiary/aromatic N) is 4. The molecule has 9 nitrogen and oxygen atoms in total. The summed E-state index contributed by atoms with van der Waals surface area (Å²) in [6.45, 7) is 4.49. The summed E-state index contributed by atoms with van der Waals surface area (Å²) in [5.74, 6) is -0.315. The molecule has 15 heteroatoms. The molecule has 218 valence electrons. The number of amidine groups is 1. The van der Waals surface area contributed by atoms with Gasteiger partial charge in [0.05, 0.1) is 4.90 Å². The van der Waals surface area contributed by atoms with E-state index in [-0.39, 0.29) is 29.8 Å². The van der Waals surface area contributed by atoms with Gasteiger partial charge in [-0.25, -0.2) is 4.39 Å². The quantitative estimate of drug-likeness (QED) is 0.303. The number of carbonyl (C=O) groups excluding carboxylic acids is 1. The van der Waals surface area contributed by atoms with Crippen molar-refractivity contribution in [2.24, 2.45) is 10.1 Å². The lowest BCUT2D eigenvalue weighted by atomic mass is 9.99. The molecule has 1 atom stereocenters. The highest BCUT2D eigenvalue weighted by Crippen LogP contribution is 2.30. The number of halogens is 4. The smallest absolute Gasteiger partial charge is 0.377 e. The van der Waals surface area contributed by atoms with E-state index in [1.165, 1.54) is 24.3 Å². The fraction of sp³-hybridized carbons (Fsp3) is 0.400. The van der Waals surface area contributed by atoms with Crippen LogP contribution in [0.1, 0.15) is 20.3 Å². The third kappa shape index (κ3) is 6.69. The second-order valence-corrected chi connectivity index (χ2v) is 12.0. The van der Waals surface area contributed by atoms with Gasteiger partial charge in [-0.05, 0) is 79.6 Å². The fourth-order valence-electron chi connectivity index (χ4n) is 4.76. The van der Waals surface area contributed by atoms with Crippen LogP contribution in [0.5, 0.6) is 0 Å². The van der Waals surface area contributed by atoms with Crippen molar-refractivity contribution in [3.63, 3.8) is 0 Å². The summed E-state index contributed by atoms with van der Waals surface area (Å²) < 4.78 is 79.3. The van der Waals surface area contributed by atoms with Gasteiger partial charge >= 0.3 is 6.18 Å². The van der Waals surface area contributed by atoms with E-state index in [1.807, 2.05) is 16.7 Å². The number of aryl methyl sites for hydroxylation is 1. The fourth-order valence-corrected chi connectivity index (χ4v) is 6.35. The predicted octanol–water partition coefficient (Wildman–Crippen LogP) is 3.84. The topological polar surface area (TPSA) is 123 Å². The van der Waals surface area contributed by atoms with E-state index in [0.29, 0.717) is 38.4 Å². The first-order chi connectivity index (χ1) is 18.8. The van der Waals surface area contributed by atoms with Crippen LogP contribution >= 0.6 is 11.8 Å². The molecule has 3 N–H and O–H groups in total. The average molecular weight is 603 g/mol. The highest BCUT2D eigenvalue weighted by atomic mass is 32.2. The molecule has 0 unspecified atom stereocenters. The molecule has 0 aromatic heterocycles. The zero-order valence-electron chi connectivity index (χ0n) is 21.5. The van der Waals surface area contributed by atoms with Crippen LogP contribution in [0.4, 0.5) is 28.9 Å². The highest BCUT2D eigenvalue weighted by Gasteiger charge is 2.36. The number of alkyl halides is 3. The van der Waals surface area contributed by atoms with E-state index >= 15 is 0 Å². The van der Waals surface area contributed by atoms with Gasteiger partial charge in [-0.1, -0.05) is 0 Å². The maximum absolute atomic E-state index is 13.7. The molecule has 40 heavy (non-hydrogen) atoms. The number of amides is 1. The Bertz CT molecular complexity index is 1420. The van der Waals surface area contributed by atoms with Crippen LogP contribution in [0.25, 0.3) is 0 Å². The zero-order chi connectivity index (χ0) is 29.2. The van der Waals surface area contributed by atoms with Crippen molar-refractivity contribution >= 4 is 49.3 Å². The van der Waals surface area contributed by atoms with Gasteiger partial charge in [0.25, 0.3) is 10.0 Å². The zero-order valence-corrected chi connectivity index (χ0v) is 23.1. The first-order valence-corrected chi connectivity index (χ1v) is 14.6. The van der Waals surface area contributed by atoms with Gasteiger partial charge in [-0.15, -0.1) is 4.40 Å². The Balaban J connectivity index is 0.00000462. The summed E-state index contributed by atoms with van der Waals surface area (Å²) in [6.07, 6.45) is -3.35. The third-order valence-corrected chi connectivity index (χ3v) is 8.94. The Morgan fingerprint density at radius 3 is 2.38 bits per heavy atom. The Morgan fingerprint density at radius 2 is 1.75 bits per heavy atom. The molecule has 0 aliphatic carbocycles. The van der Waals surface area contributed by atoms with Crippen LogP contribution in [0.15, 0.2) is 51.8 Å². The maximum Gasteiger partial charge on any atom is 0.439 e. The molecule has 1 amide bonds. The summed E-state index contributed by atoms with van der Waals surface area (Å²) >= 11 is -0.287. The van der Waals surface area contributed by atoms with Gasteiger partial charge < -0.3 is 20.4 Å². The largest absolute Gasteiger partial charge is 0.439 e. The number of sulfonamides is 1. The van der Waals surface area contributed by atoms with Crippen LogP contribution in [0, 0.1) is 11.2 Å². The van der Waals surface area contributed by atoms with Gasteiger partial charge in [-0.2, -0.15) is 21.6 Å². The van der Waals surface area contributed by atoms with Crippen molar-refractivity contribution in [3.05, 3.63) is 53.8 Å². The van der Waals surface area contributed by atoms with Crippen LogP contribution < -0.4 is 15.5 Å². The molecule has 1 saturated heterocycles. The van der Waals surface area contributed by atoms with Crippen LogP contribution in [-0.4, -0.2) is 74.4 Å². The Kier molecular flexibility index (Phi) is 8.63. The van der Waals surface area contributed by atoms with Crippen LogP contribution in [0.3, 0.4) is 0 Å². The minimum atomic E-state index is -4.96. The van der Waals surface area contributed by atoms with Crippen molar-refractivity contribution in [1.29, 1.82) is 5.41 Å². The Labute approximate surface area is 235 Å². The number of rotatable bonds is 5. The lowest BCUT2D eigenvalue weighted by molar-refractivity contribution is -0.132. The number of hydrogen-bond donors (Lipinski definition) is 2. The third-order valence-electron chi connectivity index (χ3n) is 6.79. The lowest BCUT2D eigenvalue weighted by Gasteiger charge is -2.41. The van der Waals surface area contributed by atoms with Crippen molar-refractivity contribution in [1.82, 2.24) is 4.90 Å². The number of anilines is 2. The van der Waals surface area contributed by atoms with E-state index in [0.717, 1.165) is 24.1 Å². The van der Waals surface area contributed by atoms with Gasteiger partial charge in [-0.3, -0.25) is 10.2 Å². The summed E-state index contributed by atoms with van der Waals surface area (Å²) in [4.78, 5) is 18.8. The monoisotopic (exact) mass is 602 g/mol. The number of piperazine rings is 1. The van der Waals surface area contributed by atoms with E-state index < -0.39 is 32.5 Å². The highest BCUT2D eigenvalue weighted by molar-refractivity contribution is 8.26.